The maximum atomic E-state index is 5.94. The van der Waals surface area contributed by atoms with Crippen LogP contribution in [0.25, 0.3) is 0 Å². The van der Waals surface area contributed by atoms with Crippen molar-refractivity contribution in [1.29, 1.82) is 0 Å². The molecule has 1 aromatic heterocycles. The minimum Gasteiger partial charge on any atom is -0.477 e. The first-order chi connectivity index (χ1) is 13.3. The fourth-order valence-electron chi connectivity index (χ4n) is 3.63. The topological polar surface area (TPSA) is 68.2 Å². The number of pyridine rings is 1. The molecule has 3 aliphatic rings. The number of morpholine rings is 1. The Morgan fingerprint density at radius 1 is 1.30 bits per heavy atom. The highest BCUT2D eigenvalue weighted by molar-refractivity contribution is 5.80. The maximum absolute atomic E-state index is 5.94. The van der Waals surface area contributed by atoms with Crippen LogP contribution in [-0.4, -0.2) is 68.0 Å². The van der Waals surface area contributed by atoms with E-state index < -0.39 is 0 Å². The summed E-state index contributed by atoms with van der Waals surface area (Å²) < 4.78 is 17.5. The molecule has 1 saturated carbocycles. The van der Waals surface area contributed by atoms with Crippen LogP contribution in [0.3, 0.4) is 0 Å². The normalized spacial score (nSPS) is 26.3. The van der Waals surface area contributed by atoms with Gasteiger partial charge in [0, 0.05) is 45.6 Å². The zero-order valence-corrected chi connectivity index (χ0v) is 16.1. The van der Waals surface area contributed by atoms with E-state index in [4.69, 9.17) is 14.2 Å². The molecule has 0 radical (unpaired) electrons. The molecular formula is C20H30N4O3. The highest BCUT2D eigenvalue weighted by Gasteiger charge is 2.32. The van der Waals surface area contributed by atoms with Crippen molar-refractivity contribution in [2.24, 2.45) is 10.9 Å². The van der Waals surface area contributed by atoms with E-state index in [-0.39, 0.29) is 12.2 Å². The molecular weight excluding hydrogens is 344 g/mol. The number of hydrogen-bond acceptors (Lipinski definition) is 5. The summed E-state index contributed by atoms with van der Waals surface area (Å²) in [5, 5.41) is 3.47. The first-order valence-corrected chi connectivity index (χ1v) is 10.1. The lowest BCUT2D eigenvalue weighted by Crippen LogP contribution is -2.53. The first kappa shape index (κ1) is 18.5. The minimum absolute atomic E-state index is 0.128. The molecule has 4 rings (SSSR count). The van der Waals surface area contributed by atoms with Crippen molar-refractivity contribution in [2.45, 2.75) is 44.4 Å². The van der Waals surface area contributed by atoms with E-state index in [2.05, 4.69) is 20.2 Å². The molecule has 0 aromatic carbocycles. The summed E-state index contributed by atoms with van der Waals surface area (Å²) in [5.41, 5.74) is 1.14. The summed E-state index contributed by atoms with van der Waals surface area (Å²) in [6, 6.07) is 4.02. The molecule has 1 N–H and O–H groups in total. The number of nitrogens with zero attached hydrogens (tertiary/aromatic N) is 3. The highest BCUT2D eigenvalue weighted by atomic mass is 16.5. The van der Waals surface area contributed by atoms with Gasteiger partial charge in [0.2, 0.25) is 5.88 Å². The van der Waals surface area contributed by atoms with Gasteiger partial charge < -0.3 is 24.4 Å². The Morgan fingerprint density at radius 2 is 2.19 bits per heavy atom. The Morgan fingerprint density at radius 3 is 2.96 bits per heavy atom. The quantitative estimate of drug-likeness (QED) is 0.605. The summed E-state index contributed by atoms with van der Waals surface area (Å²) in [6.45, 7) is 4.69. The molecule has 2 atom stereocenters. The summed E-state index contributed by atoms with van der Waals surface area (Å²) in [6.07, 6.45) is 6.94. The van der Waals surface area contributed by atoms with E-state index >= 15 is 0 Å². The van der Waals surface area contributed by atoms with Crippen LogP contribution < -0.4 is 10.1 Å². The smallest absolute Gasteiger partial charge is 0.213 e. The Hall–Kier alpha value is -1.86. The van der Waals surface area contributed by atoms with Gasteiger partial charge in [0.15, 0.2) is 5.96 Å². The molecule has 148 valence electrons. The average molecular weight is 374 g/mol. The van der Waals surface area contributed by atoms with Crippen molar-refractivity contribution in [3.63, 3.8) is 0 Å². The van der Waals surface area contributed by atoms with Gasteiger partial charge in [-0.3, -0.25) is 4.99 Å². The molecule has 1 aliphatic carbocycles. The lowest BCUT2D eigenvalue weighted by Gasteiger charge is -2.37. The third-order valence-corrected chi connectivity index (χ3v) is 5.40. The van der Waals surface area contributed by atoms with Gasteiger partial charge in [0.05, 0.1) is 19.3 Å². The first-order valence-electron chi connectivity index (χ1n) is 10.1. The molecule has 2 unspecified atom stereocenters. The largest absolute Gasteiger partial charge is 0.477 e. The standard InChI is InChI=1S/C20H30N4O3/c1-21-20(24-8-10-26-18(13-24)17-3-2-9-25-17)23-12-16-6-7-22-19(11-16)27-14-15-4-5-15/h6-7,11,15,17-18H,2-5,8-10,12-14H2,1H3,(H,21,23). The van der Waals surface area contributed by atoms with Crippen LogP contribution in [0.2, 0.25) is 0 Å². The van der Waals surface area contributed by atoms with Crippen molar-refractivity contribution in [3.05, 3.63) is 23.9 Å². The molecule has 2 saturated heterocycles. The van der Waals surface area contributed by atoms with Crippen LogP contribution in [0.1, 0.15) is 31.2 Å². The number of rotatable bonds is 6. The zero-order chi connectivity index (χ0) is 18.5. The lowest BCUT2D eigenvalue weighted by molar-refractivity contribution is -0.0817. The second kappa shape index (κ2) is 8.89. The van der Waals surface area contributed by atoms with Gasteiger partial charge in [-0.2, -0.15) is 0 Å². The fraction of sp³-hybridized carbons (Fsp3) is 0.700. The molecule has 7 heteroatoms. The number of guanidine groups is 1. The molecule has 2 aliphatic heterocycles. The SMILES string of the molecule is CN=C(NCc1ccnc(OCC2CC2)c1)N1CCOC(C2CCCO2)C1. The molecule has 0 spiro atoms. The lowest BCUT2D eigenvalue weighted by atomic mass is 10.1. The number of aliphatic imine (C=N–C) groups is 1. The molecule has 7 nitrogen and oxygen atoms in total. The van der Waals surface area contributed by atoms with Crippen molar-refractivity contribution in [1.82, 2.24) is 15.2 Å². The van der Waals surface area contributed by atoms with Gasteiger partial charge in [-0.1, -0.05) is 0 Å². The number of nitrogens with one attached hydrogen (secondary N) is 1. The molecule has 1 aromatic rings. The van der Waals surface area contributed by atoms with Crippen LogP contribution in [0.4, 0.5) is 0 Å². The van der Waals surface area contributed by atoms with Gasteiger partial charge in [-0.15, -0.1) is 0 Å². The van der Waals surface area contributed by atoms with Crippen molar-refractivity contribution in [3.8, 4) is 5.88 Å². The summed E-state index contributed by atoms with van der Waals surface area (Å²) in [7, 11) is 1.83. The molecule has 0 bridgehead atoms. The van der Waals surface area contributed by atoms with Crippen molar-refractivity contribution < 1.29 is 14.2 Å². The summed E-state index contributed by atoms with van der Waals surface area (Å²) in [5.74, 6) is 2.34. The number of aromatic nitrogens is 1. The van der Waals surface area contributed by atoms with Crippen LogP contribution in [0.15, 0.2) is 23.3 Å². The van der Waals surface area contributed by atoms with Crippen molar-refractivity contribution in [2.75, 3.05) is 40.0 Å². The fourth-order valence-corrected chi connectivity index (χ4v) is 3.63. The van der Waals surface area contributed by atoms with Crippen LogP contribution in [0, 0.1) is 5.92 Å². The van der Waals surface area contributed by atoms with E-state index in [1.807, 2.05) is 25.4 Å². The zero-order valence-electron chi connectivity index (χ0n) is 16.1. The predicted octanol–water partition coefficient (Wildman–Crippen LogP) is 1.83. The summed E-state index contributed by atoms with van der Waals surface area (Å²) >= 11 is 0. The molecule has 0 amide bonds. The molecule has 3 heterocycles. The van der Waals surface area contributed by atoms with E-state index in [9.17, 15) is 0 Å². The van der Waals surface area contributed by atoms with Gasteiger partial charge in [-0.25, -0.2) is 4.98 Å². The Labute approximate surface area is 161 Å². The van der Waals surface area contributed by atoms with E-state index in [1.165, 1.54) is 12.8 Å². The Balaban J connectivity index is 1.30. The van der Waals surface area contributed by atoms with E-state index in [0.717, 1.165) is 56.6 Å². The number of hydrogen-bond donors (Lipinski definition) is 1. The van der Waals surface area contributed by atoms with Crippen LogP contribution in [0.5, 0.6) is 5.88 Å². The third-order valence-electron chi connectivity index (χ3n) is 5.40. The Kier molecular flexibility index (Phi) is 6.09. The third kappa shape index (κ3) is 5.11. The number of ether oxygens (including phenoxy) is 3. The second-order valence-electron chi connectivity index (χ2n) is 7.56. The van der Waals surface area contributed by atoms with Gasteiger partial charge in [-0.05, 0) is 43.2 Å². The van der Waals surface area contributed by atoms with Crippen LogP contribution >= 0.6 is 0 Å². The molecule has 3 fully saturated rings. The minimum atomic E-state index is 0.128. The predicted molar refractivity (Wildman–Crippen MR) is 103 cm³/mol. The monoisotopic (exact) mass is 374 g/mol. The van der Waals surface area contributed by atoms with E-state index in [0.29, 0.717) is 19.0 Å². The van der Waals surface area contributed by atoms with E-state index in [1.54, 1.807) is 0 Å². The van der Waals surface area contributed by atoms with Crippen LogP contribution in [-0.2, 0) is 16.0 Å². The van der Waals surface area contributed by atoms with Crippen molar-refractivity contribution >= 4 is 5.96 Å². The van der Waals surface area contributed by atoms with Gasteiger partial charge >= 0.3 is 0 Å². The Bertz CT molecular complexity index is 644. The van der Waals surface area contributed by atoms with Gasteiger partial charge in [0.25, 0.3) is 0 Å². The molecule has 27 heavy (non-hydrogen) atoms. The summed E-state index contributed by atoms with van der Waals surface area (Å²) in [4.78, 5) is 11.0. The van der Waals surface area contributed by atoms with Gasteiger partial charge in [0.1, 0.15) is 6.10 Å². The average Bonchev–Trinajstić information content (AvgIpc) is 3.38. The maximum Gasteiger partial charge on any atom is 0.213 e. The highest BCUT2D eigenvalue weighted by Crippen LogP contribution is 2.29. The second-order valence-corrected chi connectivity index (χ2v) is 7.56.